The predicted molar refractivity (Wildman–Crippen MR) is 113 cm³/mol. The van der Waals surface area contributed by atoms with Gasteiger partial charge in [-0.25, -0.2) is 4.79 Å². The number of fused-ring (bicyclic) bond motifs is 1. The Kier molecular flexibility index (Phi) is 5.46. The van der Waals surface area contributed by atoms with Crippen molar-refractivity contribution >= 4 is 23.5 Å². The van der Waals surface area contributed by atoms with Gasteiger partial charge in [-0.15, -0.1) is 0 Å². The van der Waals surface area contributed by atoms with E-state index in [2.05, 4.69) is 5.32 Å². The largest absolute Gasteiger partial charge is 0.322 e. The standard InChI is InChI=1S/C23H27N3O3/c1-15(2)25(14-16-9-7-6-8-10-16)22(29)24-17-11-12-18-19(13-17)21(28)26(20(18)27)23(3,4)5/h6-13,15H,14H2,1-5H3,(H,24,29). The molecule has 3 rings (SSSR count). The summed E-state index contributed by atoms with van der Waals surface area (Å²) in [5.41, 5.74) is 1.60. The smallest absolute Gasteiger partial charge is 0.318 e. The first-order valence-electron chi connectivity index (χ1n) is 9.74. The number of carbonyl (C=O) groups excluding carboxylic acids is 3. The fourth-order valence-corrected chi connectivity index (χ4v) is 3.39. The second kappa shape index (κ2) is 7.70. The Bertz CT molecular complexity index is 946. The summed E-state index contributed by atoms with van der Waals surface area (Å²) in [6, 6.07) is 14.4. The summed E-state index contributed by atoms with van der Waals surface area (Å²) in [4.78, 5) is 41.2. The van der Waals surface area contributed by atoms with Crippen molar-refractivity contribution in [1.29, 1.82) is 0 Å². The molecule has 0 bridgehead atoms. The molecule has 6 nitrogen and oxygen atoms in total. The molecule has 1 N–H and O–H groups in total. The zero-order valence-electron chi connectivity index (χ0n) is 17.5. The number of imide groups is 1. The van der Waals surface area contributed by atoms with Crippen LogP contribution in [0.15, 0.2) is 48.5 Å². The summed E-state index contributed by atoms with van der Waals surface area (Å²) in [6.45, 7) is 9.85. The molecular weight excluding hydrogens is 366 g/mol. The van der Waals surface area contributed by atoms with Crippen LogP contribution in [0.3, 0.4) is 0 Å². The minimum absolute atomic E-state index is 0.00998. The third kappa shape index (κ3) is 4.16. The molecule has 0 aromatic heterocycles. The van der Waals surface area contributed by atoms with Crippen LogP contribution in [0.2, 0.25) is 0 Å². The van der Waals surface area contributed by atoms with Crippen LogP contribution in [0.1, 0.15) is 60.9 Å². The van der Waals surface area contributed by atoms with Gasteiger partial charge in [0.2, 0.25) is 0 Å². The fourth-order valence-electron chi connectivity index (χ4n) is 3.39. The molecule has 0 radical (unpaired) electrons. The molecule has 0 spiro atoms. The number of hydrogen-bond acceptors (Lipinski definition) is 3. The SMILES string of the molecule is CC(C)N(Cc1ccccc1)C(=O)Nc1ccc2c(c1)C(=O)N(C(C)(C)C)C2=O. The Morgan fingerprint density at radius 1 is 1.00 bits per heavy atom. The van der Waals surface area contributed by atoms with Crippen LogP contribution in [0.5, 0.6) is 0 Å². The molecule has 2 aromatic carbocycles. The maximum atomic E-state index is 12.9. The van der Waals surface area contributed by atoms with Gasteiger partial charge in [-0.3, -0.25) is 14.5 Å². The van der Waals surface area contributed by atoms with E-state index in [4.69, 9.17) is 0 Å². The molecule has 29 heavy (non-hydrogen) atoms. The Hall–Kier alpha value is -3.15. The van der Waals surface area contributed by atoms with Crippen LogP contribution in [-0.4, -0.2) is 39.2 Å². The lowest BCUT2D eigenvalue weighted by atomic mass is 10.1. The Labute approximate surface area is 171 Å². The first-order chi connectivity index (χ1) is 13.6. The van der Waals surface area contributed by atoms with E-state index in [0.29, 0.717) is 23.4 Å². The van der Waals surface area contributed by atoms with Crippen molar-refractivity contribution in [2.45, 2.75) is 52.7 Å². The number of anilines is 1. The molecular formula is C23H27N3O3. The van der Waals surface area contributed by atoms with E-state index in [1.807, 2.05) is 65.0 Å². The molecule has 0 saturated heterocycles. The maximum Gasteiger partial charge on any atom is 0.322 e. The quantitative estimate of drug-likeness (QED) is 0.776. The fraction of sp³-hybridized carbons (Fsp3) is 0.348. The molecule has 152 valence electrons. The lowest BCUT2D eigenvalue weighted by Crippen LogP contribution is -2.45. The molecule has 1 heterocycles. The van der Waals surface area contributed by atoms with Gasteiger partial charge in [0.1, 0.15) is 0 Å². The lowest BCUT2D eigenvalue weighted by molar-refractivity contribution is 0.0507. The minimum atomic E-state index is -0.610. The van der Waals surface area contributed by atoms with Gasteiger partial charge in [0.15, 0.2) is 0 Å². The number of urea groups is 1. The van der Waals surface area contributed by atoms with Gasteiger partial charge in [-0.1, -0.05) is 30.3 Å². The molecule has 0 atom stereocenters. The highest BCUT2D eigenvalue weighted by molar-refractivity contribution is 6.22. The van der Waals surface area contributed by atoms with E-state index in [1.54, 1.807) is 23.1 Å². The molecule has 1 aliphatic heterocycles. The van der Waals surface area contributed by atoms with E-state index < -0.39 is 5.54 Å². The van der Waals surface area contributed by atoms with Crippen molar-refractivity contribution in [2.24, 2.45) is 0 Å². The van der Waals surface area contributed by atoms with Crippen LogP contribution in [-0.2, 0) is 6.54 Å². The molecule has 0 saturated carbocycles. The highest BCUT2D eigenvalue weighted by Crippen LogP contribution is 2.31. The summed E-state index contributed by atoms with van der Waals surface area (Å²) >= 11 is 0. The zero-order valence-corrected chi connectivity index (χ0v) is 17.5. The highest BCUT2D eigenvalue weighted by Gasteiger charge is 2.41. The van der Waals surface area contributed by atoms with E-state index in [9.17, 15) is 14.4 Å². The average Bonchev–Trinajstić information content (AvgIpc) is 2.90. The van der Waals surface area contributed by atoms with Crippen molar-refractivity contribution in [3.05, 3.63) is 65.2 Å². The van der Waals surface area contributed by atoms with Crippen LogP contribution >= 0.6 is 0 Å². The van der Waals surface area contributed by atoms with E-state index in [-0.39, 0.29) is 23.9 Å². The van der Waals surface area contributed by atoms with E-state index in [0.717, 1.165) is 5.56 Å². The number of hydrogen-bond donors (Lipinski definition) is 1. The molecule has 1 aliphatic rings. The number of amides is 4. The lowest BCUT2D eigenvalue weighted by Gasteiger charge is -2.29. The molecule has 6 heteroatoms. The minimum Gasteiger partial charge on any atom is -0.318 e. The van der Waals surface area contributed by atoms with Gasteiger partial charge in [-0.2, -0.15) is 0 Å². The van der Waals surface area contributed by atoms with Gasteiger partial charge >= 0.3 is 6.03 Å². The number of rotatable bonds is 4. The molecule has 0 aliphatic carbocycles. The monoisotopic (exact) mass is 393 g/mol. The highest BCUT2D eigenvalue weighted by atomic mass is 16.2. The summed E-state index contributed by atoms with van der Waals surface area (Å²) in [5.74, 6) is -0.637. The number of benzene rings is 2. The van der Waals surface area contributed by atoms with Crippen molar-refractivity contribution in [3.8, 4) is 0 Å². The normalized spacial score (nSPS) is 13.7. The predicted octanol–water partition coefficient (Wildman–Crippen LogP) is 4.52. The zero-order chi connectivity index (χ0) is 21.3. The molecule has 4 amide bonds. The average molecular weight is 393 g/mol. The number of nitrogens with one attached hydrogen (secondary N) is 1. The van der Waals surface area contributed by atoms with Crippen LogP contribution in [0.4, 0.5) is 10.5 Å². The number of carbonyl (C=O) groups is 3. The molecule has 2 aromatic rings. The summed E-state index contributed by atoms with van der Waals surface area (Å²) in [6.07, 6.45) is 0. The van der Waals surface area contributed by atoms with E-state index >= 15 is 0 Å². The van der Waals surface area contributed by atoms with Crippen molar-refractivity contribution in [2.75, 3.05) is 5.32 Å². The van der Waals surface area contributed by atoms with Gasteiger partial charge in [0, 0.05) is 23.8 Å². The molecule has 0 fully saturated rings. The van der Waals surface area contributed by atoms with Gasteiger partial charge in [0.25, 0.3) is 11.8 Å². The third-order valence-corrected chi connectivity index (χ3v) is 4.89. The van der Waals surface area contributed by atoms with Crippen LogP contribution in [0.25, 0.3) is 0 Å². The second-order valence-corrected chi connectivity index (χ2v) is 8.51. The third-order valence-electron chi connectivity index (χ3n) is 4.89. The van der Waals surface area contributed by atoms with Gasteiger partial charge in [-0.05, 0) is 58.4 Å². The second-order valence-electron chi connectivity index (χ2n) is 8.51. The first kappa shape index (κ1) is 20.6. The molecule has 0 unspecified atom stereocenters. The summed E-state index contributed by atoms with van der Waals surface area (Å²) in [7, 11) is 0. The Morgan fingerprint density at radius 2 is 1.62 bits per heavy atom. The van der Waals surface area contributed by atoms with Crippen molar-refractivity contribution < 1.29 is 14.4 Å². The van der Waals surface area contributed by atoms with Crippen molar-refractivity contribution in [3.63, 3.8) is 0 Å². The summed E-state index contributed by atoms with van der Waals surface area (Å²) in [5, 5.41) is 2.87. The number of nitrogens with zero attached hydrogens (tertiary/aromatic N) is 2. The first-order valence-corrected chi connectivity index (χ1v) is 9.74. The van der Waals surface area contributed by atoms with Gasteiger partial charge < -0.3 is 10.2 Å². The van der Waals surface area contributed by atoms with Crippen LogP contribution in [0, 0.1) is 0 Å². The van der Waals surface area contributed by atoms with E-state index in [1.165, 1.54) is 4.90 Å². The van der Waals surface area contributed by atoms with Crippen LogP contribution < -0.4 is 5.32 Å². The Balaban J connectivity index is 1.81. The topological polar surface area (TPSA) is 69.7 Å². The Morgan fingerprint density at radius 3 is 2.21 bits per heavy atom. The maximum absolute atomic E-state index is 12.9. The summed E-state index contributed by atoms with van der Waals surface area (Å²) < 4.78 is 0. The van der Waals surface area contributed by atoms with Gasteiger partial charge in [0.05, 0.1) is 11.1 Å². The van der Waals surface area contributed by atoms with Crippen molar-refractivity contribution in [1.82, 2.24) is 9.80 Å².